The smallest absolute Gasteiger partial charge is 0.234 e. The molecule has 0 radical (unpaired) electrons. The van der Waals surface area contributed by atoms with Crippen LogP contribution in [0.5, 0.6) is 5.75 Å². The predicted molar refractivity (Wildman–Crippen MR) is 67.7 cm³/mol. The van der Waals surface area contributed by atoms with Crippen LogP contribution in [-0.2, 0) is 4.79 Å². The minimum Gasteiger partial charge on any atom is -0.495 e. The van der Waals surface area contributed by atoms with Crippen LogP contribution in [0, 0.1) is 0 Å². The van der Waals surface area contributed by atoms with Crippen LogP contribution in [0.1, 0.15) is 0 Å². The molecule has 0 atom stereocenters. The fourth-order valence-corrected chi connectivity index (χ4v) is 1.79. The van der Waals surface area contributed by atoms with Gasteiger partial charge in [0.2, 0.25) is 5.91 Å². The molecule has 0 saturated heterocycles. The van der Waals surface area contributed by atoms with Crippen molar-refractivity contribution in [2.45, 2.75) is 0 Å². The molecule has 0 aliphatic rings. The normalized spacial score (nSPS) is 9.80. The molecular weight excluding hydrogens is 278 g/mol. The van der Waals surface area contributed by atoms with E-state index in [9.17, 15) is 4.79 Å². The Morgan fingerprint density at radius 3 is 2.93 bits per heavy atom. The summed E-state index contributed by atoms with van der Waals surface area (Å²) in [5, 5.41) is 2.79. The average molecular weight is 290 g/mol. The fourth-order valence-electron chi connectivity index (χ4n) is 1.10. The third kappa shape index (κ3) is 3.76. The first kappa shape index (κ1) is 12.4. The Labute approximate surface area is 102 Å². The molecule has 0 unspecified atom stereocenters. The average Bonchev–Trinajstić information content (AvgIpc) is 2.18. The van der Waals surface area contributed by atoms with E-state index in [4.69, 9.17) is 4.74 Å². The quantitative estimate of drug-likeness (QED) is 0.926. The molecule has 1 amide bonds. The maximum absolute atomic E-state index is 11.4. The fraction of sp³-hybridized carbons (Fsp3) is 0.300. The Hall–Kier alpha value is -0.680. The third-order valence-electron chi connectivity index (χ3n) is 1.71. The van der Waals surface area contributed by atoms with Gasteiger partial charge < -0.3 is 10.1 Å². The van der Waals surface area contributed by atoms with Crippen molar-refractivity contribution < 1.29 is 9.53 Å². The highest BCUT2D eigenvalue weighted by Crippen LogP contribution is 2.27. The summed E-state index contributed by atoms with van der Waals surface area (Å²) < 4.78 is 6.04. The van der Waals surface area contributed by atoms with Gasteiger partial charge in [-0.2, -0.15) is 11.8 Å². The zero-order valence-electron chi connectivity index (χ0n) is 8.54. The van der Waals surface area contributed by atoms with Gasteiger partial charge in [-0.3, -0.25) is 4.79 Å². The SMILES string of the molecule is COc1ccc(Br)cc1NC(=O)CSC. The van der Waals surface area contributed by atoms with Gasteiger partial charge >= 0.3 is 0 Å². The number of rotatable bonds is 4. The van der Waals surface area contributed by atoms with Gasteiger partial charge in [-0.05, 0) is 24.5 Å². The Bertz CT molecular complexity index is 357. The van der Waals surface area contributed by atoms with Crippen LogP contribution < -0.4 is 10.1 Å². The van der Waals surface area contributed by atoms with Crippen LogP contribution in [0.25, 0.3) is 0 Å². The molecule has 0 aromatic heterocycles. The highest BCUT2D eigenvalue weighted by Gasteiger charge is 2.07. The lowest BCUT2D eigenvalue weighted by Gasteiger charge is -2.09. The monoisotopic (exact) mass is 289 g/mol. The summed E-state index contributed by atoms with van der Waals surface area (Å²) >= 11 is 4.82. The molecule has 0 aliphatic heterocycles. The lowest BCUT2D eigenvalue weighted by Crippen LogP contribution is -2.14. The molecule has 0 aliphatic carbocycles. The number of carbonyl (C=O) groups is 1. The van der Waals surface area contributed by atoms with Gasteiger partial charge in [0.1, 0.15) is 5.75 Å². The summed E-state index contributed by atoms with van der Waals surface area (Å²) in [5.41, 5.74) is 0.686. The van der Waals surface area contributed by atoms with Crippen LogP contribution in [0.4, 0.5) is 5.69 Å². The molecule has 0 saturated carbocycles. The Morgan fingerprint density at radius 1 is 1.60 bits per heavy atom. The summed E-state index contributed by atoms with van der Waals surface area (Å²) in [5.74, 6) is 1.07. The van der Waals surface area contributed by atoms with Crippen LogP contribution in [-0.4, -0.2) is 25.0 Å². The van der Waals surface area contributed by atoms with Crippen LogP contribution in [0.15, 0.2) is 22.7 Å². The molecule has 5 heteroatoms. The highest BCUT2D eigenvalue weighted by atomic mass is 79.9. The summed E-state index contributed by atoms with van der Waals surface area (Å²) in [7, 11) is 1.58. The third-order valence-corrected chi connectivity index (χ3v) is 2.76. The highest BCUT2D eigenvalue weighted by molar-refractivity contribution is 9.10. The van der Waals surface area contributed by atoms with Crippen molar-refractivity contribution in [3.05, 3.63) is 22.7 Å². The number of amides is 1. The van der Waals surface area contributed by atoms with E-state index in [2.05, 4.69) is 21.2 Å². The molecule has 0 heterocycles. The molecule has 1 rings (SSSR count). The number of ether oxygens (including phenoxy) is 1. The summed E-state index contributed by atoms with van der Waals surface area (Å²) in [6.07, 6.45) is 1.89. The molecule has 0 spiro atoms. The number of carbonyl (C=O) groups excluding carboxylic acids is 1. The summed E-state index contributed by atoms with van der Waals surface area (Å²) in [4.78, 5) is 11.4. The zero-order valence-corrected chi connectivity index (χ0v) is 10.9. The molecule has 82 valence electrons. The van der Waals surface area contributed by atoms with E-state index in [-0.39, 0.29) is 5.91 Å². The van der Waals surface area contributed by atoms with E-state index in [1.807, 2.05) is 18.4 Å². The molecule has 0 fully saturated rings. The van der Waals surface area contributed by atoms with E-state index in [0.717, 1.165) is 4.47 Å². The van der Waals surface area contributed by atoms with Gasteiger partial charge in [0.05, 0.1) is 18.6 Å². The van der Waals surface area contributed by atoms with Crippen LogP contribution in [0.2, 0.25) is 0 Å². The van der Waals surface area contributed by atoms with Gasteiger partial charge in [-0.1, -0.05) is 15.9 Å². The van der Waals surface area contributed by atoms with Gasteiger partial charge in [0, 0.05) is 4.47 Å². The number of halogens is 1. The van der Waals surface area contributed by atoms with E-state index in [1.165, 1.54) is 11.8 Å². The van der Waals surface area contributed by atoms with E-state index in [0.29, 0.717) is 17.2 Å². The van der Waals surface area contributed by atoms with Crippen molar-refractivity contribution in [1.29, 1.82) is 0 Å². The predicted octanol–water partition coefficient (Wildman–Crippen LogP) is 2.76. The lowest BCUT2D eigenvalue weighted by atomic mass is 10.3. The van der Waals surface area contributed by atoms with Crippen LogP contribution in [0.3, 0.4) is 0 Å². The summed E-state index contributed by atoms with van der Waals surface area (Å²) in [6, 6.07) is 5.49. The van der Waals surface area contributed by atoms with Crippen molar-refractivity contribution >= 4 is 39.3 Å². The number of hydrogen-bond donors (Lipinski definition) is 1. The Morgan fingerprint density at radius 2 is 2.33 bits per heavy atom. The lowest BCUT2D eigenvalue weighted by molar-refractivity contribution is -0.113. The first-order valence-electron chi connectivity index (χ1n) is 4.29. The second kappa shape index (κ2) is 6.02. The Kier molecular flexibility index (Phi) is 4.98. The molecule has 0 bridgehead atoms. The van der Waals surface area contributed by atoms with E-state index >= 15 is 0 Å². The maximum Gasteiger partial charge on any atom is 0.234 e. The van der Waals surface area contributed by atoms with Crippen molar-refractivity contribution in [1.82, 2.24) is 0 Å². The maximum atomic E-state index is 11.4. The minimum absolute atomic E-state index is 0.0288. The molecule has 1 N–H and O–H groups in total. The van der Waals surface area contributed by atoms with E-state index < -0.39 is 0 Å². The molecule has 1 aromatic carbocycles. The number of methoxy groups -OCH3 is 1. The van der Waals surface area contributed by atoms with Gasteiger partial charge in [-0.25, -0.2) is 0 Å². The largest absolute Gasteiger partial charge is 0.495 e. The molecular formula is C10H12BrNO2S. The van der Waals surface area contributed by atoms with Gasteiger partial charge in [0.15, 0.2) is 0 Å². The summed E-state index contributed by atoms with van der Waals surface area (Å²) in [6.45, 7) is 0. The van der Waals surface area contributed by atoms with Crippen molar-refractivity contribution in [3.63, 3.8) is 0 Å². The van der Waals surface area contributed by atoms with Crippen molar-refractivity contribution in [2.75, 3.05) is 24.4 Å². The van der Waals surface area contributed by atoms with Gasteiger partial charge in [0.25, 0.3) is 0 Å². The zero-order chi connectivity index (χ0) is 11.3. The second-order valence-electron chi connectivity index (χ2n) is 2.83. The minimum atomic E-state index is -0.0288. The standard InChI is InChI=1S/C10H12BrNO2S/c1-14-9-4-3-7(11)5-8(9)12-10(13)6-15-2/h3-5H,6H2,1-2H3,(H,12,13). The first-order chi connectivity index (χ1) is 7.17. The Balaban J connectivity index is 2.82. The van der Waals surface area contributed by atoms with Gasteiger partial charge in [-0.15, -0.1) is 0 Å². The number of benzene rings is 1. The molecule has 15 heavy (non-hydrogen) atoms. The van der Waals surface area contributed by atoms with Crippen molar-refractivity contribution in [3.8, 4) is 5.75 Å². The molecule has 3 nitrogen and oxygen atoms in total. The number of thioether (sulfide) groups is 1. The second-order valence-corrected chi connectivity index (χ2v) is 4.61. The molecule has 1 aromatic rings. The number of hydrogen-bond acceptors (Lipinski definition) is 3. The number of anilines is 1. The topological polar surface area (TPSA) is 38.3 Å². The number of nitrogens with one attached hydrogen (secondary N) is 1. The first-order valence-corrected chi connectivity index (χ1v) is 6.48. The van der Waals surface area contributed by atoms with Crippen molar-refractivity contribution in [2.24, 2.45) is 0 Å². The van der Waals surface area contributed by atoms with Crippen LogP contribution >= 0.6 is 27.7 Å². The van der Waals surface area contributed by atoms with E-state index in [1.54, 1.807) is 13.2 Å².